The van der Waals surface area contributed by atoms with Gasteiger partial charge in [-0.2, -0.15) is 0 Å². The van der Waals surface area contributed by atoms with Gasteiger partial charge in [0.1, 0.15) is 5.75 Å². The number of pyridine rings is 1. The molecule has 0 radical (unpaired) electrons. The lowest BCUT2D eigenvalue weighted by Gasteiger charge is -2.08. The lowest BCUT2D eigenvalue weighted by Crippen LogP contribution is -1.94. The summed E-state index contributed by atoms with van der Waals surface area (Å²) in [6, 6.07) is 11.4. The van der Waals surface area contributed by atoms with Crippen molar-refractivity contribution >= 4 is 23.4 Å². The molecule has 2 heterocycles. The second-order valence-electron chi connectivity index (χ2n) is 4.91. The van der Waals surface area contributed by atoms with Gasteiger partial charge in [-0.1, -0.05) is 17.7 Å². The van der Waals surface area contributed by atoms with E-state index in [0.29, 0.717) is 16.5 Å². The molecular formula is C17H14ClNO2. The summed E-state index contributed by atoms with van der Waals surface area (Å²) in [7, 11) is 1.60. The number of aldehydes is 1. The topological polar surface area (TPSA) is 30.7 Å². The minimum absolute atomic E-state index is 0.592. The van der Waals surface area contributed by atoms with Gasteiger partial charge < -0.3 is 9.14 Å². The zero-order valence-corrected chi connectivity index (χ0v) is 12.5. The van der Waals surface area contributed by atoms with Gasteiger partial charge >= 0.3 is 0 Å². The predicted molar refractivity (Wildman–Crippen MR) is 84.5 cm³/mol. The molecule has 0 fully saturated rings. The minimum Gasteiger partial charge on any atom is -0.496 e. The van der Waals surface area contributed by atoms with Gasteiger partial charge in [0.05, 0.1) is 12.8 Å². The molecule has 0 spiro atoms. The summed E-state index contributed by atoms with van der Waals surface area (Å²) in [6.07, 6.45) is 2.81. The third-order valence-corrected chi connectivity index (χ3v) is 3.75. The molecule has 0 unspecified atom stereocenters. The predicted octanol–water partition coefficient (Wildman–Crippen LogP) is 4.39. The van der Waals surface area contributed by atoms with Crippen molar-refractivity contribution in [3.05, 3.63) is 58.9 Å². The van der Waals surface area contributed by atoms with Crippen LogP contribution < -0.4 is 4.74 Å². The van der Waals surface area contributed by atoms with Crippen LogP contribution in [0.25, 0.3) is 16.6 Å². The average Bonchev–Trinajstić information content (AvgIpc) is 2.84. The van der Waals surface area contributed by atoms with E-state index in [1.54, 1.807) is 19.2 Å². The molecule has 0 aliphatic carbocycles. The van der Waals surface area contributed by atoms with Crippen LogP contribution in [-0.4, -0.2) is 17.8 Å². The number of aryl methyl sites for hydroxylation is 1. The number of hydrogen-bond donors (Lipinski definition) is 0. The molecule has 0 aliphatic heterocycles. The van der Waals surface area contributed by atoms with Crippen molar-refractivity contribution < 1.29 is 9.53 Å². The molecule has 0 saturated heterocycles. The summed E-state index contributed by atoms with van der Waals surface area (Å²) < 4.78 is 7.28. The van der Waals surface area contributed by atoms with Crippen LogP contribution in [0.4, 0.5) is 0 Å². The number of carbonyl (C=O) groups is 1. The average molecular weight is 300 g/mol. The fourth-order valence-electron chi connectivity index (χ4n) is 2.52. The highest BCUT2D eigenvalue weighted by Crippen LogP contribution is 2.36. The standard InChI is InChI=1S/C17H14ClNO2/c1-11-3-5-13-8-14(16(10-20)19(13)9-11)15-7-12(18)4-6-17(15)21-2/h3-10H,1-2H3. The quantitative estimate of drug-likeness (QED) is 0.672. The summed E-state index contributed by atoms with van der Waals surface area (Å²) in [5.74, 6) is 0.690. The molecule has 0 N–H and O–H groups in total. The molecule has 0 bridgehead atoms. The summed E-state index contributed by atoms with van der Waals surface area (Å²) in [6.45, 7) is 1.99. The Morgan fingerprint density at radius 1 is 1.14 bits per heavy atom. The van der Waals surface area contributed by atoms with Crippen LogP contribution in [0.5, 0.6) is 5.75 Å². The van der Waals surface area contributed by atoms with Crippen LogP contribution in [0.2, 0.25) is 5.02 Å². The smallest absolute Gasteiger partial charge is 0.167 e. The summed E-state index contributed by atoms with van der Waals surface area (Å²) in [4.78, 5) is 11.6. The molecule has 3 rings (SSSR count). The second-order valence-corrected chi connectivity index (χ2v) is 5.34. The molecule has 1 aromatic carbocycles. The first kappa shape index (κ1) is 13.7. The number of ether oxygens (including phenoxy) is 1. The number of aromatic nitrogens is 1. The van der Waals surface area contributed by atoms with Gasteiger partial charge in [-0.3, -0.25) is 4.79 Å². The van der Waals surface area contributed by atoms with Crippen LogP contribution in [-0.2, 0) is 0 Å². The van der Waals surface area contributed by atoms with Crippen molar-refractivity contribution in [2.24, 2.45) is 0 Å². The van der Waals surface area contributed by atoms with E-state index in [1.165, 1.54) is 0 Å². The highest BCUT2D eigenvalue weighted by molar-refractivity contribution is 6.31. The first-order valence-corrected chi connectivity index (χ1v) is 6.92. The molecule has 3 nitrogen and oxygen atoms in total. The number of halogens is 1. The van der Waals surface area contributed by atoms with Gasteiger partial charge in [-0.15, -0.1) is 0 Å². The number of rotatable bonds is 3. The summed E-state index contributed by atoms with van der Waals surface area (Å²) in [5.41, 5.74) is 4.27. The molecular weight excluding hydrogens is 286 g/mol. The van der Waals surface area contributed by atoms with Crippen LogP contribution in [0.15, 0.2) is 42.6 Å². The van der Waals surface area contributed by atoms with E-state index >= 15 is 0 Å². The number of hydrogen-bond acceptors (Lipinski definition) is 2. The molecule has 106 valence electrons. The molecule has 0 aliphatic rings. The fraction of sp³-hybridized carbons (Fsp3) is 0.118. The second kappa shape index (κ2) is 5.26. The first-order chi connectivity index (χ1) is 10.1. The largest absolute Gasteiger partial charge is 0.496 e. The molecule has 4 heteroatoms. The van der Waals surface area contributed by atoms with E-state index < -0.39 is 0 Å². The van der Waals surface area contributed by atoms with Gasteiger partial charge in [-0.25, -0.2) is 0 Å². The lowest BCUT2D eigenvalue weighted by molar-refractivity contribution is 0.111. The zero-order valence-electron chi connectivity index (χ0n) is 11.8. The van der Waals surface area contributed by atoms with Crippen molar-refractivity contribution in [2.45, 2.75) is 6.92 Å². The summed E-state index contributed by atoms with van der Waals surface area (Å²) >= 11 is 6.09. The van der Waals surface area contributed by atoms with Gasteiger partial charge in [0.25, 0.3) is 0 Å². The Bertz CT molecular complexity index is 836. The maximum atomic E-state index is 11.6. The number of nitrogens with zero attached hydrogens (tertiary/aromatic N) is 1. The zero-order chi connectivity index (χ0) is 15.0. The molecule has 0 saturated carbocycles. The highest BCUT2D eigenvalue weighted by Gasteiger charge is 2.15. The van der Waals surface area contributed by atoms with E-state index in [0.717, 1.165) is 28.5 Å². The third-order valence-electron chi connectivity index (χ3n) is 3.52. The lowest BCUT2D eigenvalue weighted by atomic mass is 10.1. The van der Waals surface area contributed by atoms with Crippen molar-refractivity contribution in [3.8, 4) is 16.9 Å². The Morgan fingerprint density at radius 3 is 2.67 bits per heavy atom. The number of methoxy groups -OCH3 is 1. The molecule has 2 aromatic heterocycles. The number of fused-ring (bicyclic) bond motifs is 1. The van der Waals surface area contributed by atoms with Crippen LogP contribution in [0.1, 0.15) is 16.1 Å². The van der Waals surface area contributed by atoms with E-state index in [2.05, 4.69) is 0 Å². The minimum atomic E-state index is 0.592. The molecule has 0 atom stereocenters. The van der Waals surface area contributed by atoms with E-state index in [-0.39, 0.29) is 0 Å². The third kappa shape index (κ3) is 2.30. The van der Waals surface area contributed by atoms with Crippen LogP contribution in [0, 0.1) is 6.92 Å². The molecule has 0 amide bonds. The van der Waals surface area contributed by atoms with E-state index in [4.69, 9.17) is 16.3 Å². The first-order valence-electron chi connectivity index (χ1n) is 6.55. The highest BCUT2D eigenvalue weighted by atomic mass is 35.5. The Kier molecular flexibility index (Phi) is 3.43. The summed E-state index contributed by atoms with van der Waals surface area (Å²) in [5, 5.41) is 0.606. The van der Waals surface area contributed by atoms with Gasteiger partial charge in [-0.05, 0) is 42.8 Å². The SMILES string of the molecule is COc1ccc(Cl)cc1-c1cc2ccc(C)cn2c1C=O. The fourth-order valence-corrected chi connectivity index (χ4v) is 2.69. The Hall–Kier alpha value is -2.26. The molecule has 3 aromatic rings. The van der Waals surface area contributed by atoms with Crippen LogP contribution in [0.3, 0.4) is 0 Å². The molecule has 21 heavy (non-hydrogen) atoms. The van der Waals surface area contributed by atoms with Crippen molar-refractivity contribution in [2.75, 3.05) is 7.11 Å². The Labute approximate surface area is 127 Å². The maximum absolute atomic E-state index is 11.6. The van der Waals surface area contributed by atoms with Gasteiger partial charge in [0.15, 0.2) is 6.29 Å². The van der Waals surface area contributed by atoms with Crippen LogP contribution >= 0.6 is 11.6 Å². The number of carbonyl (C=O) groups excluding carboxylic acids is 1. The van der Waals surface area contributed by atoms with E-state index in [1.807, 2.05) is 41.8 Å². The van der Waals surface area contributed by atoms with Crippen molar-refractivity contribution in [1.82, 2.24) is 4.40 Å². The monoisotopic (exact) mass is 299 g/mol. The van der Waals surface area contributed by atoms with Gasteiger partial charge in [0.2, 0.25) is 0 Å². The Balaban J connectivity index is 2.35. The number of benzene rings is 1. The van der Waals surface area contributed by atoms with Crippen molar-refractivity contribution in [3.63, 3.8) is 0 Å². The van der Waals surface area contributed by atoms with Gasteiger partial charge in [0, 0.05) is 27.9 Å². The maximum Gasteiger partial charge on any atom is 0.167 e. The normalized spacial score (nSPS) is 10.8. The van der Waals surface area contributed by atoms with E-state index in [9.17, 15) is 4.79 Å². The Morgan fingerprint density at radius 2 is 1.95 bits per heavy atom. The van der Waals surface area contributed by atoms with Crippen molar-refractivity contribution in [1.29, 1.82) is 0 Å².